The van der Waals surface area contributed by atoms with Crippen molar-refractivity contribution >= 4 is 5.91 Å². The van der Waals surface area contributed by atoms with Crippen LogP contribution in [-0.2, 0) is 17.8 Å². The van der Waals surface area contributed by atoms with Crippen LogP contribution in [-0.4, -0.2) is 44.7 Å². The van der Waals surface area contributed by atoms with Gasteiger partial charge in [0, 0.05) is 25.0 Å². The zero-order valence-corrected chi connectivity index (χ0v) is 19.4. The third-order valence-corrected chi connectivity index (χ3v) is 5.91. The van der Waals surface area contributed by atoms with Crippen LogP contribution in [0.2, 0.25) is 0 Å². The van der Waals surface area contributed by atoms with Crippen LogP contribution in [0.5, 0.6) is 17.2 Å². The SMILES string of the molecule is COc1cccc(CN2CCc3cc(OC)c(OC)cc3[C@H]2[C@@H](C)NC(=O)C(C)C)c1. The summed E-state index contributed by atoms with van der Waals surface area (Å²) in [7, 11) is 4.99. The lowest BCUT2D eigenvalue weighted by Crippen LogP contribution is -2.48. The molecule has 0 aromatic heterocycles. The third kappa shape index (κ3) is 5.13. The first-order chi connectivity index (χ1) is 14.9. The molecule has 0 saturated carbocycles. The van der Waals surface area contributed by atoms with E-state index in [2.05, 4.69) is 41.4 Å². The predicted molar refractivity (Wildman–Crippen MR) is 122 cm³/mol. The molecule has 3 rings (SSSR count). The van der Waals surface area contributed by atoms with Crippen LogP contribution < -0.4 is 19.5 Å². The summed E-state index contributed by atoms with van der Waals surface area (Å²) in [5.41, 5.74) is 3.58. The Morgan fingerprint density at radius 3 is 2.42 bits per heavy atom. The number of methoxy groups -OCH3 is 3. The van der Waals surface area contributed by atoms with Gasteiger partial charge in [0.15, 0.2) is 11.5 Å². The maximum absolute atomic E-state index is 12.5. The Labute approximate surface area is 185 Å². The molecule has 6 nitrogen and oxygen atoms in total. The molecule has 0 spiro atoms. The average molecular weight is 427 g/mol. The van der Waals surface area contributed by atoms with Crippen molar-refractivity contribution in [3.8, 4) is 17.2 Å². The first-order valence-electron chi connectivity index (χ1n) is 10.8. The van der Waals surface area contributed by atoms with Crippen LogP contribution in [0.4, 0.5) is 0 Å². The minimum atomic E-state index is -0.0716. The number of rotatable bonds is 8. The Morgan fingerprint density at radius 2 is 1.77 bits per heavy atom. The van der Waals surface area contributed by atoms with Gasteiger partial charge in [-0.15, -0.1) is 0 Å². The van der Waals surface area contributed by atoms with Crippen molar-refractivity contribution in [1.29, 1.82) is 0 Å². The smallest absolute Gasteiger partial charge is 0.222 e. The fourth-order valence-electron chi connectivity index (χ4n) is 4.27. The molecule has 2 aromatic carbocycles. The minimum absolute atomic E-state index is 0.0115. The Kier molecular flexibility index (Phi) is 7.44. The van der Waals surface area contributed by atoms with Gasteiger partial charge in [-0.1, -0.05) is 26.0 Å². The quantitative estimate of drug-likeness (QED) is 0.692. The predicted octanol–water partition coefficient (Wildman–Crippen LogP) is 3.97. The average Bonchev–Trinajstić information content (AvgIpc) is 2.77. The van der Waals surface area contributed by atoms with Gasteiger partial charge in [0.05, 0.1) is 27.4 Å². The van der Waals surface area contributed by atoms with Crippen molar-refractivity contribution in [3.63, 3.8) is 0 Å². The van der Waals surface area contributed by atoms with Crippen molar-refractivity contribution < 1.29 is 19.0 Å². The monoisotopic (exact) mass is 426 g/mol. The summed E-state index contributed by atoms with van der Waals surface area (Å²) in [5, 5.41) is 3.22. The van der Waals surface area contributed by atoms with E-state index in [1.807, 2.05) is 26.0 Å². The Bertz CT molecular complexity index is 912. The molecule has 0 bridgehead atoms. The maximum Gasteiger partial charge on any atom is 0.222 e. The van der Waals surface area contributed by atoms with Crippen LogP contribution >= 0.6 is 0 Å². The molecular weight excluding hydrogens is 392 g/mol. The van der Waals surface area contributed by atoms with Gasteiger partial charge in [-0.25, -0.2) is 0 Å². The van der Waals surface area contributed by atoms with Gasteiger partial charge in [-0.3, -0.25) is 9.69 Å². The summed E-state index contributed by atoms with van der Waals surface area (Å²) in [6.07, 6.45) is 0.904. The van der Waals surface area contributed by atoms with Gasteiger partial charge in [0.25, 0.3) is 0 Å². The number of nitrogens with zero attached hydrogens (tertiary/aromatic N) is 1. The first-order valence-corrected chi connectivity index (χ1v) is 10.8. The minimum Gasteiger partial charge on any atom is -0.497 e. The molecule has 1 heterocycles. The van der Waals surface area contributed by atoms with Crippen LogP contribution in [0.15, 0.2) is 36.4 Å². The molecule has 168 valence electrons. The number of carbonyl (C=O) groups excluding carboxylic acids is 1. The number of amides is 1. The normalized spacial score (nSPS) is 17.1. The number of benzene rings is 2. The highest BCUT2D eigenvalue weighted by Gasteiger charge is 2.34. The van der Waals surface area contributed by atoms with E-state index in [-0.39, 0.29) is 23.9 Å². The van der Waals surface area contributed by atoms with E-state index in [0.29, 0.717) is 5.75 Å². The second-order valence-electron chi connectivity index (χ2n) is 8.37. The van der Waals surface area contributed by atoms with Crippen LogP contribution in [0, 0.1) is 5.92 Å². The van der Waals surface area contributed by atoms with Gasteiger partial charge in [-0.2, -0.15) is 0 Å². The maximum atomic E-state index is 12.5. The van der Waals surface area contributed by atoms with Gasteiger partial charge in [-0.05, 0) is 54.3 Å². The lowest BCUT2D eigenvalue weighted by molar-refractivity contribution is -0.125. The van der Waals surface area contributed by atoms with E-state index >= 15 is 0 Å². The van der Waals surface area contributed by atoms with Crippen LogP contribution in [0.1, 0.15) is 43.5 Å². The lowest BCUT2D eigenvalue weighted by atomic mass is 9.87. The van der Waals surface area contributed by atoms with Gasteiger partial charge >= 0.3 is 0 Å². The molecule has 1 aliphatic rings. The molecule has 1 N–H and O–H groups in total. The number of hydrogen-bond acceptors (Lipinski definition) is 5. The largest absolute Gasteiger partial charge is 0.497 e. The zero-order valence-electron chi connectivity index (χ0n) is 19.4. The van der Waals surface area contributed by atoms with Gasteiger partial charge in [0.1, 0.15) is 5.75 Å². The molecule has 31 heavy (non-hydrogen) atoms. The number of ether oxygens (including phenoxy) is 3. The highest BCUT2D eigenvalue weighted by molar-refractivity contribution is 5.78. The van der Waals surface area contributed by atoms with Crippen molar-refractivity contribution in [1.82, 2.24) is 10.2 Å². The number of fused-ring (bicyclic) bond motifs is 1. The van der Waals surface area contributed by atoms with Gasteiger partial charge in [0.2, 0.25) is 5.91 Å². The van der Waals surface area contributed by atoms with E-state index in [1.54, 1.807) is 21.3 Å². The second kappa shape index (κ2) is 10.1. The molecule has 0 radical (unpaired) electrons. The lowest BCUT2D eigenvalue weighted by Gasteiger charge is -2.41. The van der Waals surface area contributed by atoms with E-state index in [4.69, 9.17) is 14.2 Å². The van der Waals surface area contributed by atoms with Crippen LogP contribution in [0.25, 0.3) is 0 Å². The van der Waals surface area contributed by atoms with Crippen molar-refractivity contribution in [3.05, 3.63) is 53.1 Å². The summed E-state index contributed by atoms with van der Waals surface area (Å²) in [5.74, 6) is 2.28. The molecule has 2 atom stereocenters. The van der Waals surface area contributed by atoms with E-state index < -0.39 is 0 Å². The van der Waals surface area contributed by atoms with E-state index in [1.165, 1.54) is 16.7 Å². The molecule has 0 fully saturated rings. The fraction of sp³-hybridized carbons (Fsp3) is 0.480. The molecule has 6 heteroatoms. The molecule has 0 aliphatic carbocycles. The summed E-state index contributed by atoms with van der Waals surface area (Å²) in [4.78, 5) is 14.9. The molecule has 1 amide bonds. The van der Waals surface area contributed by atoms with Gasteiger partial charge < -0.3 is 19.5 Å². The highest BCUT2D eigenvalue weighted by Crippen LogP contribution is 2.40. The first kappa shape index (κ1) is 22.9. The molecular formula is C25H34N2O4. The third-order valence-electron chi connectivity index (χ3n) is 5.91. The Morgan fingerprint density at radius 1 is 1.06 bits per heavy atom. The summed E-state index contributed by atoms with van der Waals surface area (Å²) in [6.45, 7) is 7.55. The van der Waals surface area contributed by atoms with Crippen LogP contribution in [0.3, 0.4) is 0 Å². The summed E-state index contributed by atoms with van der Waals surface area (Å²) < 4.78 is 16.5. The molecule has 2 aromatic rings. The number of nitrogens with one attached hydrogen (secondary N) is 1. The van der Waals surface area contributed by atoms with E-state index in [9.17, 15) is 4.79 Å². The molecule has 0 saturated heterocycles. The highest BCUT2D eigenvalue weighted by atomic mass is 16.5. The summed E-state index contributed by atoms with van der Waals surface area (Å²) in [6, 6.07) is 12.2. The number of hydrogen-bond donors (Lipinski definition) is 1. The topological polar surface area (TPSA) is 60.0 Å². The van der Waals surface area contributed by atoms with Crippen molar-refractivity contribution in [2.45, 2.75) is 45.8 Å². The standard InChI is InChI=1S/C25H34N2O4/c1-16(2)25(28)26-17(3)24-21-14-23(31-6)22(30-5)13-19(21)10-11-27(24)15-18-8-7-9-20(12-18)29-4/h7-9,12-14,16-17,24H,10-11,15H2,1-6H3,(H,26,28)/t17-,24-/m1/s1. The number of carbonyl (C=O) groups is 1. The van der Waals surface area contributed by atoms with Crippen molar-refractivity contribution in [2.75, 3.05) is 27.9 Å². The van der Waals surface area contributed by atoms with E-state index in [0.717, 1.165) is 31.0 Å². The Balaban J connectivity index is 1.99. The fourth-order valence-corrected chi connectivity index (χ4v) is 4.27. The summed E-state index contributed by atoms with van der Waals surface area (Å²) >= 11 is 0. The van der Waals surface area contributed by atoms with Crippen molar-refractivity contribution in [2.24, 2.45) is 5.92 Å². The second-order valence-corrected chi connectivity index (χ2v) is 8.37. The zero-order chi connectivity index (χ0) is 22.5. The Hall–Kier alpha value is -2.73. The molecule has 0 unspecified atom stereocenters. The molecule has 1 aliphatic heterocycles.